The van der Waals surface area contributed by atoms with Gasteiger partial charge >= 0.3 is 0 Å². The Hall–Kier alpha value is -3.21. The number of hydrogen-bond donors (Lipinski definition) is 1. The van der Waals surface area contributed by atoms with Crippen LogP contribution in [-0.4, -0.2) is 34.4 Å². The van der Waals surface area contributed by atoms with Crippen LogP contribution in [0.3, 0.4) is 0 Å². The van der Waals surface area contributed by atoms with Gasteiger partial charge in [0.15, 0.2) is 0 Å². The maximum absolute atomic E-state index is 13.4. The number of nitrogens with one attached hydrogen (secondary N) is 1. The molecule has 0 radical (unpaired) electrons. The zero-order valence-electron chi connectivity index (χ0n) is 19.0. The lowest BCUT2D eigenvalue weighted by atomic mass is 9.91. The van der Waals surface area contributed by atoms with Crippen LogP contribution in [0.5, 0.6) is 0 Å². The fraction of sp³-hybridized carbons (Fsp3) is 0.241. The lowest BCUT2D eigenvalue weighted by molar-refractivity contribution is 0.0576. The number of hydrogen-bond acceptors (Lipinski definition) is 3. The van der Waals surface area contributed by atoms with Gasteiger partial charge in [-0.1, -0.05) is 60.1 Å². The monoisotopic (exact) mass is 469 g/mol. The zero-order valence-corrected chi connectivity index (χ0v) is 19.8. The third kappa shape index (κ3) is 5.14. The van der Waals surface area contributed by atoms with Gasteiger partial charge in [-0.25, -0.2) is 0 Å². The first kappa shape index (κ1) is 22.6. The van der Waals surface area contributed by atoms with Crippen molar-refractivity contribution in [1.29, 1.82) is 0 Å². The molecule has 4 nitrogen and oxygen atoms in total. The number of likely N-dealkylation sites (tertiary alicyclic amines) is 1. The first-order valence-corrected chi connectivity index (χ1v) is 12.2. The van der Waals surface area contributed by atoms with E-state index in [1.807, 2.05) is 30.5 Å². The molecule has 5 rings (SSSR count). The van der Waals surface area contributed by atoms with Crippen LogP contribution in [-0.2, 0) is 13.0 Å². The molecule has 3 aromatic carbocycles. The second kappa shape index (κ2) is 10.4. The summed E-state index contributed by atoms with van der Waals surface area (Å²) in [4.78, 5) is 19.9. The lowest BCUT2D eigenvalue weighted by Gasteiger charge is -2.40. The van der Waals surface area contributed by atoms with Crippen molar-refractivity contribution in [3.05, 3.63) is 113 Å². The van der Waals surface area contributed by atoms with Crippen molar-refractivity contribution in [2.45, 2.75) is 37.9 Å². The van der Waals surface area contributed by atoms with Crippen LogP contribution in [0.1, 0.15) is 34.3 Å². The van der Waals surface area contributed by atoms with E-state index in [0.717, 1.165) is 37.9 Å². The van der Waals surface area contributed by atoms with Gasteiger partial charge in [-0.15, -0.1) is 0 Å². The molecule has 2 heterocycles. The molecule has 0 bridgehead atoms. The van der Waals surface area contributed by atoms with Crippen molar-refractivity contribution in [3.8, 4) is 0 Å². The van der Waals surface area contributed by atoms with Crippen LogP contribution >= 0.6 is 11.6 Å². The number of carbonyl (C=O) groups excluding carboxylic acids is 1. The van der Waals surface area contributed by atoms with Crippen LogP contribution in [0, 0.1) is 0 Å². The number of nitrogens with zero attached hydrogens (tertiary/aromatic N) is 2. The Morgan fingerprint density at radius 3 is 2.56 bits per heavy atom. The highest BCUT2D eigenvalue weighted by atomic mass is 35.5. The topological polar surface area (TPSA) is 45.2 Å². The van der Waals surface area contributed by atoms with Gasteiger partial charge in [0.25, 0.3) is 5.91 Å². The number of piperidine rings is 1. The lowest BCUT2D eigenvalue weighted by Crippen LogP contribution is -2.51. The maximum Gasteiger partial charge on any atom is 0.254 e. The highest BCUT2D eigenvalue weighted by Crippen LogP contribution is 2.25. The summed E-state index contributed by atoms with van der Waals surface area (Å²) in [6.45, 7) is 1.52. The average Bonchev–Trinajstić information content (AvgIpc) is 2.88. The van der Waals surface area contributed by atoms with Gasteiger partial charge in [0.05, 0.1) is 5.52 Å². The van der Waals surface area contributed by atoms with E-state index in [0.29, 0.717) is 16.6 Å². The molecule has 5 heteroatoms. The number of halogens is 1. The third-order valence-electron chi connectivity index (χ3n) is 6.70. The van der Waals surface area contributed by atoms with Crippen LogP contribution < -0.4 is 5.32 Å². The Balaban J connectivity index is 1.32. The molecule has 0 aliphatic carbocycles. The van der Waals surface area contributed by atoms with E-state index in [1.54, 1.807) is 12.1 Å². The number of carbonyl (C=O) groups is 1. The number of pyridine rings is 1. The van der Waals surface area contributed by atoms with E-state index in [1.165, 1.54) is 16.5 Å². The minimum absolute atomic E-state index is 0.0798. The van der Waals surface area contributed by atoms with Crippen molar-refractivity contribution in [2.75, 3.05) is 6.54 Å². The third-order valence-corrected chi connectivity index (χ3v) is 6.95. The van der Waals surface area contributed by atoms with Gasteiger partial charge in [-0.2, -0.15) is 0 Å². The molecular weight excluding hydrogens is 442 g/mol. The smallest absolute Gasteiger partial charge is 0.254 e. The maximum atomic E-state index is 13.4. The van der Waals surface area contributed by atoms with Gasteiger partial charge in [0, 0.05) is 47.3 Å². The molecule has 1 N–H and O–H groups in total. The van der Waals surface area contributed by atoms with Crippen molar-refractivity contribution in [3.63, 3.8) is 0 Å². The summed E-state index contributed by atoms with van der Waals surface area (Å²) in [5.74, 6) is 0.0798. The number of benzene rings is 3. The normalized spacial score (nSPS) is 18.2. The Morgan fingerprint density at radius 2 is 1.74 bits per heavy atom. The van der Waals surface area contributed by atoms with E-state index in [-0.39, 0.29) is 11.9 Å². The molecule has 2 atom stereocenters. The summed E-state index contributed by atoms with van der Waals surface area (Å²) in [6.07, 6.45) is 4.56. The first-order chi connectivity index (χ1) is 16.7. The molecule has 1 amide bonds. The van der Waals surface area contributed by atoms with Gasteiger partial charge in [-0.3, -0.25) is 9.78 Å². The molecule has 0 saturated carbocycles. The molecule has 34 heavy (non-hydrogen) atoms. The minimum Gasteiger partial charge on any atom is -0.335 e. The summed E-state index contributed by atoms with van der Waals surface area (Å²) in [5, 5.41) is 5.60. The predicted molar refractivity (Wildman–Crippen MR) is 138 cm³/mol. The first-order valence-electron chi connectivity index (χ1n) is 11.8. The Morgan fingerprint density at radius 1 is 0.971 bits per heavy atom. The number of aromatic nitrogens is 1. The van der Waals surface area contributed by atoms with Gasteiger partial charge < -0.3 is 10.2 Å². The molecule has 172 valence electrons. The number of rotatable bonds is 6. The fourth-order valence-electron chi connectivity index (χ4n) is 4.91. The Bertz CT molecular complexity index is 1250. The molecule has 0 spiro atoms. The van der Waals surface area contributed by atoms with Crippen LogP contribution in [0.4, 0.5) is 0 Å². The standard InChI is InChI=1S/C29H28ClN3O/c30-24-12-10-22(11-13-24)29(34)33-17-15-25(19-26(33)18-21-6-2-1-3-7-21)32-20-23-14-16-31-28-9-5-4-8-27(23)28/h1-14,16,25-26,32H,15,17-20H2. The Labute approximate surface area is 205 Å². The van der Waals surface area contributed by atoms with E-state index < -0.39 is 0 Å². The second-order valence-corrected chi connectivity index (χ2v) is 9.37. The molecule has 1 aliphatic heterocycles. The van der Waals surface area contributed by atoms with Crippen molar-refractivity contribution < 1.29 is 4.79 Å². The highest BCUT2D eigenvalue weighted by Gasteiger charge is 2.32. The quantitative estimate of drug-likeness (QED) is 0.382. The molecule has 1 aliphatic rings. The van der Waals surface area contributed by atoms with Crippen LogP contribution in [0.2, 0.25) is 5.02 Å². The van der Waals surface area contributed by atoms with E-state index in [4.69, 9.17) is 11.6 Å². The van der Waals surface area contributed by atoms with E-state index in [2.05, 4.69) is 63.7 Å². The number of para-hydroxylation sites is 1. The fourth-order valence-corrected chi connectivity index (χ4v) is 5.03. The van der Waals surface area contributed by atoms with Gasteiger partial charge in [0.1, 0.15) is 0 Å². The van der Waals surface area contributed by atoms with Gasteiger partial charge in [-0.05, 0) is 66.8 Å². The van der Waals surface area contributed by atoms with Crippen molar-refractivity contribution in [2.24, 2.45) is 0 Å². The van der Waals surface area contributed by atoms with Crippen molar-refractivity contribution in [1.82, 2.24) is 15.2 Å². The zero-order chi connectivity index (χ0) is 23.3. The minimum atomic E-state index is 0.0798. The molecular formula is C29H28ClN3O. The van der Waals surface area contributed by atoms with E-state index in [9.17, 15) is 4.79 Å². The summed E-state index contributed by atoms with van der Waals surface area (Å²) in [5.41, 5.74) is 4.22. The molecule has 2 unspecified atom stereocenters. The number of amides is 1. The van der Waals surface area contributed by atoms with Crippen LogP contribution in [0.15, 0.2) is 91.1 Å². The molecule has 4 aromatic rings. The largest absolute Gasteiger partial charge is 0.335 e. The predicted octanol–water partition coefficient (Wildman–Crippen LogP) is 5.89. The number of fused-ring (bicyclic) bond motifs is 1. The summed E-state index contributed by atoms with van der Waals surface area (Å²) < 4.78 is 0. The molecule has 1 fully saturated rings. The summed E-state index contributed by atoms with van der Waals surface area (Å²) in [6, 6.07) is 28.5. The van der Waals surface area contributed by atoms with Gasteiger partial charge in [0.2, 0.25) is 0 Å². The molecule has 1 saturated heterocycles. The Kier molecular flexibility index (Phi) is 6.89. The van der Waals surface area contributed by atoms with Crippen molar-refractivity contribution >= 4 is 28.4 Å². The van der Waals surface area contributed by atoms with Crippen LogP contribution in [0.25, 0.3) is 10.9 Å². The molecule has 1 aromatic heterocycles. The summed E-state index contributed by atoms with van der Waals surface area (Å²) in [7, 11) is 0. The average molecular weight is 470 g/mol. The SMILES string of the molecule is O=C(c1ccc(Cl)cc1)N1CCC(NCc2ccnc3ccccc23)CC1Cc1ccccc1. The van der Waals surface area contributed by atoms with E-state index >= 15 is 0 Å². The second-order valence-electron chi connectivity index (χ2n) is 8.94. The highest BCUT2D eigenvalue weighted by molar-refractivity contribution is 6.30. The summed E-state index contributed by atoms with van der Waals surface area (Å²) >= 11 is 6.04.